The van der Waals surface area contributed by atoms with Crippen molar-refractivity contribution in [2.75, 3.05) is 19.8 Å². The fourth-order valence-corrected chi connectivity index (χ4v) is 2.47. The van der Waals surface area contributed by atoms with Crippen LogP contribution in [0.15, 0.2) is 21.5 Å². The predicted molar refractivity (Wildman–Crippen MR) is 75.4 cm³/mol. The number of ether oxygens (including phenoxy) is 1. The summed E-state index contributed by atoms with van der Waals surface area (Å²) in [5.41, 5.74) is 0.498. The summed E-state index contributed by atoms with van der Waals surface area (Å²) in [5, 5.41) is 0. The molecule has 8 heteroatoms. The van der Waals surface area contributed by atoms with Gasteiger partial charge < -0.3 is 19.0 Å². The largest absolute Gasteiger partial charge is 0.448 e. The number of rotatable bonds is 2. The van der Waals surface area contributed by atoms with E-state index < -0.39 is 6.04 Å². The molecule has 0 aromatic carbocycles. The first kappa shape index (κ1) is 14.5. The Labute approximate surface area is 126 Å². The summed E-state index contributed by atoms with van der Waals surface area (Å²) in [4.78, 5) is 36.8. The van der Waals surface area contributed by atoms with Gasteiger partial charge >= 0.3 is 0 Å². The maximum Gasteiger partial charge on any atom is 0.276 e. The Balaban J connectivity index is 1.94. The lowest BCUT2D eigenvalue weighted by molar-refractivity contribution is -0.00432. The standard InChI is InChI=1S/C14H16N4O4/c1-8-15-10(5-13(19)16-8)12-7-21-4-3-18(12)14(20)11-6-22-9(2)17-11/h5-6,12H,3-4,7H2,1-2H3,(H,15,16,19)/t12-/m0/s1. The minimum Gasteiger partial charge on any atom is -0.448 e. The van der Waals surface area contributed by atoms with Crippen molar-refractivity contribution in [3.05, 3.63) is 45.8 Å². The smallest absolute Gasteiger partial charge is 0.276 e. The van der Waals surface area contributed by atoms with Gasteiger partial charge in [0.1, 0.15) is 12.1 Å². The molecule has 1 N–H and O–H groups in total. The molecule has 2 aromatic rings. The number of aromatic nitrogens is 3. The average molecular weight is 304 g/mol. The van der Waals surface area contributed by atoms with E-state index in [2.05, 4.69) is 15.0 Å². The molecule has 0 unspecified atom stereocenters. The fourth-order valence-electron chi connectivity index (χ4n) is 2.47. The van der Waals surface area contributed by atoms with Gasteiger partial charge in [0, 0.05) is 19.5 Å². The Morgan fingerprint density at radius 3 is 2.91 bits per heavy atom. The van der Waals surface area contributed by atoms with Crippen molar-refractivity contribution < 1.29 is 13.9 Å². The first-order valence-electron chi connectivity index (χ1n) is 6.93. The highest BCUT2D eigenvalue weighted by atomic mass is 16.5. The van der Waals surface area contributed by atoms with Gasteiger partial charge in [-0.2, -0.15) is 0 Å². The van der Waals surface area contributed by atoms with E-state index in [1.807, 2.05) is 0 Å². The van der Waals surface area contributed by atoms with Crippen LogP contribution in [0.3, 0.4) is 0 Å². The normalized spacial score (nSPS) is 18.5. The Morgan fingerprint density at radius 1 is 1.41 bits per heavy atom. The number of hydrogen-bond donors (Lipinski definition) is 1. The van der Waals surface area contributed by atoms with Gasteiger partial charge in [-0.3, -0.25) is 9.59 Å². The third-order valence-electron chi connectivity index (χ3n) is 3.45. The summed E-state index contributed by atoms with van der Waals surface area (Å²) < 4.78 is 10.5. The number of aromatic amines is 1. The van der Waals surface area contributed by atoms with Gasteiger partial charge in [0.15, 0.2) is 11.6 Å². The number of nitrogens with one attached hydrogen (secondary N) is 1. The molecule has 1 amide bonds. The molecule has 0 saturated carbocycles. The van der Waals surface area contributed by atoms with Gasteiger partial charge in [-0.25, -0.2) is 9.97 Å². The Bertz CT molecular complexity index is 751. The Hall–Kier alpha value is -2.48. The molecule has 3 heterocycles. The molecular weight excluding hydrogens is 288 g/mol. The second kappa shape index (κ2) is 5.72. The number of nitrogens with zero attached hydrogens (tertiary/aromatic N) is 3. The van der Waals surface area contributed by atoms with Crippen molar-refractivity contribution in [3.63, 3.8) is 0 Å². The van der Waals surface area contributed by atoms with Gasteiger partial charge in [-0.15, -0.1) is 0 Å². The van der Waals surface area contributed by atoms with Crippen LogP contribution in [-0.2, 0) is 4.74 Å². The zero-order valence-electron chi connectivity index (χ0n) is 12.3. The number of aryl methyl sites for hydroxylation is 2. The van der Waals surface area contributed by atoms with Crippen LogP contribution in [0.4, 0.5) is 0 Å². The zero-order valence-corrected chi connectivity index (χ0v) is 12.3. The number of carbonyl (C=O) groups excluding carboxylic acids is 1. The molecule has 0 radical (unpaired) electrons. The van der Waals surface area contributed by atoms with E-state index in [9.17, 15) is 9.59 Å². The van der Waals surface area contributed by atoms with Crippen molar-refractivity contribution >= 4 is 5.91 Å². The summed E-state index contributed by atoms with van der Waals surface area (Å²) in [6.45, 7) is 4.50. The second-order valence-electron chi connectivity index (χ2n) is 5.10. The third-order valence-corrected chi connectivity index (χ3v) is 3.45. The number of carbonyl (C=O) groups is 1. The van der Waals surface area contributed by atoms with Crippen LogP contribution < -0.4 is 5.56 Å². The second-order valence-corrected chi connectivity index (χ2v) is 5.10. The van der Waals surface area contributed by atoms with E-state index in [-0.39, 0.29) is 17.2 Å². The van der Waals surface area contributed by atoms with Gasteiger partial charge in [0.25, 0.3) is 11.5 Å². The molecule has 22 heavy (non-hydrogen) atoms. The first-order valence-corrected chi connectivity index (χ1v) is 6.93. The monoisotopic (exact) mass is 304 g/mol. The van der Waals surface area contributed by atoms with E-state index in [0.29, 0.717) is 37.2 Å². The van der Waals surface area contributed by atoms with E-state index in [1.165, 1.54) is 12.3 Å². The Morgan fingerprint density at radius 2 is 2.23 bits per heavy atom. The number of H-pyrrole nitrogens is 1. The number of morpholine rings is 1. The number of hydrogen-bond acceptors (Lipinski definition) is 6. The lowest BCUT2D eigenvalue weighted by atomic mass is 10.1. The fraction of sp³-hybridized carbons (Fsp3) is 0.429. The van der Waals surface area contributed by atoms with Gasteiger partial charge in [0.2, 0.25) is 0 Å². The van der Waals surface area contributed by atoms with E-state index >= 15 is 0 Å². The van der Waals surface area contributed by atoms with E-state index in [4.69, 9.17) is 9.15 Å². The molecule has 0 aliphatic carbocycles. The minimum atomic E-state index is -0.417. The highest BCUT2D eigenvalue weighted by molar-refractivity contribution is 5.92. The maximum absolute atomic E-state index is 12.6. The third kappa shape index (κ3) is 2.77. The van der Waals surface area contributed by atoms with Crippen molar-refractivity contribution in [1.29, 1.82) is 0 Å². The lowest BCUT2D eigenvalue weighted by Gasteiger charge is -2.34. The molecule has 1 atom stereocenters. The van der Waals surface area contributed by atoms with Crippen LogP contribution in [-0.4, -0.2) is 45.5 Å². The molecule has 8 nitrogen and oxygen atoms in total. The van der Waals surface area contributed by atoms with Crippen LogP contribution in [0.5, 0.6) is 0 Å². The summed E-state index contributed by atoms with van der Waals surface area (Å²) in [7, 11) is 0. The molecule has 116 valence electrons. The molecule has 0 bridgehead atoms. The van der Waals surface area contributed by atoms with Crippen LogP contribution in [0, 0.1) is 13.8 Å². The van der Waals surface area contributed by atoms with Crippen molar-refractivity contribution in [1.82, 2.24) is 19.9 Å². The molecule has 1 aliphatic rings. The molecule has 2 aromatic heterocycles. The van der Waals surface area contributed by atoms with E-state index in [0.717, 1.165) is 0 Å². The average Bonchev–Trinajstić information content (AvgIpc) is 2.92. The van der Waals surface area contributed by atoms with Crippen molar-refractivity contribution in [3.8, 4) is 0 Å². The highest BCUT2D eigenvalue weighted by Crippen LogP contribution is 2.23. The minimum absolute atomic E-state index is 0.242. The van der Waals surface area contributed by atoms with Crippen LogP contribution in [0.1, 0.15) is 33.9 Å². The van der Waals surface area contributed by atoms with E-state index in [1.54, 1.807) is 18.7 Å². The SMILES string of the molecule is Cc1nc([C@@H]2COCCN2C(=O)c2coc(C)n2)cc(=O)[nH]1. The molecule has 1 aliphatic heterocycles. The van der Waals surface area contributed by atoms with Gasteiger partial charge in [0.05, 0.1) is 24.9 Å². The zero-order chi connectivity index (χ0) is 15.7. The van der Waals surface area contributed by atoms with Crippen molar-refractivity contribution in [2.24, 2.45) is 0 Å². The first-order chi connectivity index (χ1) is 10.5. The number of oxazole rings is 1. The summed E-state index contributed by atoms with van der Waals surface area (Å²) in [6.07, 6.45) is 1.33. The molecule has 0 spiro atoms. The Kier molecular flexibility index (Phi) is 3.76. The lowest BCUT2D eigenvalue weighted by Crippen LogP contribution is -2.44. The quantitative estimate of drug-likeness (QED) is 0.871. The predicted octanol–water partition coefficient (Wildman–Crippen LogP) is 0.588. The maximum atomic E-state index is 12.6. The molecule has 1 fully saturated rings. The molecular formula is C14H16N4O4. The van der Waals surface area contributed by atoms with Crippen LogP contribution in [0.25, 0.3) is 0 Å². The summed E-state index contributed by atoms with van der Waals surface area (Å²) in [6, 6.07) is 0.972. The summed E-state index contributed by atoms with van der Waals surface area (Å²) in [5.74, 6) is 0.668. The molecule has 1 saturated heterocycles. The van der Waals surface area contributed by atoms with Gasteiger partial charge in [-0.05, 0) is 6.92 Å². The van der Waals surface area contributed by atoms with Gasteiger partial charge in [-0.1, -0.05) is 0 Å². The molecule has 3 rings (SSSR count). The van der Waals surface area contributed by atoms with Crippen LogP contribution >= 0.6 is 0 Å². The highest BCUT2D eigenvalue weighted by Gasteiger charge is 2.32. The van der Waals surface area contributed by atoms with Crippen molar-refractivity contribution in [2.45, 2.75) is 19.9 Å². The topological polar surface area (TPSA) is 101 Å². The van der Waals surface area contributed by atoms with Crippen LogP contribution in [0.2, 0.25) is 0 Å². The number of amides is 1. The summed E-state index contributed by atoms with van der Waals surface area (Å²) >= 11 is 0.